The number of hydrogen-bond acceptors (Lipinski definition) is 10. The van der Waals surface area contributed by atoms with Gasteiger partial charge in [0.25, 0.3) is 15.9 Å². The maximum absolute atomic E-state index is 12.8. The molecule has 46 heavy (non-hydrogen) atoms. The quantitative estimate of drug-likeness (QED) is 0.0845. The highest BCUT2D eigenvalue weighted by Crippen LogP contribution is 2.27. The molecule has 1 amide bonds. The number of azo groups is 1. The summed E-state index contributed by atoms with van der Waals surface area (Å²) < 4.78 is 33.0. The van der Waals surface area contributed by atoms with Crippen LogP contribution in [0, 0.1) is 0 Å². The predicted molar refractivity (Wildman–Crippen MR) is 169 cm³/mol. The Morgan fingerprint density at radius 1 is 0.826 bits per heavy atom. The first-order valence-corrected chi connectivity index (χ1v) is 15.1. The zero-order chi connectivity index (χ0) is 32.5. The summed E-state index contributed by atoms with van der Waals surface area (Å²) in [6.45, 7) is -0.164. The molecule has 0 aliphatic rings. The second-order valence-corrected chi connectivity index (χ2v) is 11.3. The lowest BCUT2D eigenvalue weighted by Crippen LogP contribution is -2.14. The van der Waals surface area contributed by atoms with E-state index in [1.165, 1.54) is 60.8 Å². The van der Waals surface area contributed by atoms with E-state index in [9.17, 15) is 27.9 Å². The van der Waals surface area contributed by atoms with Crippen molar-refractivity contribution in [3.05, 3.63) is 138 Å². The highest BCUT2D eigenvalue weighted by molar-refractivity contribution is 7.92. The van der Waals surface area contributed by atoms with Gasteiger partial charge in [-0.05, 0) is 78.4 Å². The van der Waals surface area contributed by atoms with Gasteiger partial charge in [0.15, 0.2) is 6.29 Å². The average molecular weight is 636 g/mol. The summed E-state index contributed by atoms with van der Waals surface area (Å²) in [5, 5.41) is 21.2. The summed E-state index contributed by atoms with van der Waals surface area (Å²) in [6.07, 6.45) is 2.07. The number of phenols is 1. The fourth-order valence-electron chi connectivity index (χ4n) is 4.15. The van der Waals surface area contributed by atoms with Gasteiger partial charge in [0.2, 0.25) is 0 Å². The number of amides is 1. The molecule has 13 heteroatoms. The molecule has 0 aliphatic carbocycles. The Morgan fingerprint density at radius 3 is 2.33 bits per heavy atom. The first kappa shape index (κ1) is 31.2. The fraction of sp³-hybridized carbons (Fsp3) is 0.0303. The molecule has 0 unspecified atom stereocenters. The molecular weight excluding hydrogens is 610 g/mol. The molecule has 5 aromatic rings. The van der Waals surface area contributed by atoms with E-state index in [2.05, 4.69) is 25.3 Å². The van der Waals surface area contributed by atoms with Crippen LogP contribution in [0.2, 0.25) is 0 Å². The van der Waals surface area contributed by atoms with Gasteiger partial charge in [-0.3, -0.25) is 14.3 Å². The number of carbonyl (C=O) groups is 3. The van der Waals surface area contributed by atoms with E-state index >= 15 is 0 Å². The third-order valence-corrected chi connectivity index (χ3v) is 7.79. The van der Waals surface area contributed by atoms with Gasteiger partial charge in [-0.1, -0.05) is 36.4 Å². The number of aromatic hydroxyl groups is 1. The lowest BCUT2D eigenvalue weighted by atomic mass is 10.1. The monoisotopic (exact) mass is 635 g/mol. The highest BCUT2D eigenvalue weighted by atomic mass is 32.2. The van der Waals surface area contributed by atoms with Gasteiger partial charge >= 0.3 is 5.97 Å². The minimum atomic E-state index is -3.86. The number of sulfonamides is 1. The molecule has 230 valence electrons. The molecule has 3 N–H and O–H groups in total. The Balaban J connectivity index is 1.21. The number of aromatic nitrogens is 1. The molecule has 4 aromatic carbocycles. The third kappa shape index (κ3) is 7.84. The van der Waals surface area contributed by atoms with E-state index in [-0.39, 0.29) is 45.4 Å². The Hall–Kier alpha value is -6.21. The molecular formula is C33H25N5O7S. The number of ether oxygens (including phenoxy) is 1. The molecule has 1 aromatic heterocycles. The number of nitrogens with one attached hydrogen (secondary N) is 2. The number of anilines is 2. The fourth-order valence-corrected chi connectivity index (χ4v) is 5.16. The first-order chi connectivity index (χ1) is 22.2. The van der Waals surface area contributed by atoms with Crippen molar-refractivity contribution in [2.45, 2.75) is 11.5 Å². The Bertz CT molecular complexity index is 2030. The molecule has 5 rings (SSSR count). The summed E-state index contributed by atoms with van der Waals surface area (Å²) in [7, 11) is -3.86. The lowest BCUT2D eigenvalue weighted by molar-refractivity contribution is 0.0469. The number of nitrogens with zero attached hydrogens (tertiary/aromatic N) is 3. The van der Waals surface area contributed by atoms with Crippen LogP contribution in [0.3, 0.4) is 0 Å². The largest absolute Gasteiger partial charge is 0.507 e. The van der Waals surface area contributed by atoms with Gasteiger partial charge in [0, 0.05) is 17.4 Å². The Morgan fingerprint density at radius 2 is 1.57 bits per heavy atom. The van der Waals surface area contributed by atoms with Crippen molar-refractivity contribution in [3.8, 4) is 5.75 Å². The van der Waals surface area contributed by atoms with Crippen molar-refractivity contribution < 1.29 is 32.6 Å². The van der Waals surface area contributed by atoms with Crippen LogP contribution in [-0.4, -0.2) is 36.7 Å². The maximum atomic E-state index is 12.8. The van der Waals surface area contributed by atoms with Crippen LogP contribution in [0.15, 0.2) is 131 Å². The van der Waals surface area contributed by atoms with E-state index in [1.54, 1.807) is 54.6 Å². The van der Waals surface area contributed by atoms with Crippen LogP contribution in [-0.2, 0) is 21.4 Å². The predicted octanol–water partition coefficient (Wildman–Crippen LogP) is 6.43. The number of phenolic OH excluding ortho intramolecular Hbond substituents is 1. The van der Waals surface area contributed by atoms with Crippen LogP contribution >= 0.6 is 0 Å². The van der Waals surface area contributed by atoms with Crippen LogP contribution < -0.4 is 10.0 Å². The molecule has 0 aliphatic heterocycles. The van der Waals surface area contributed by atoms with E-state index in [4.69, 9.17) is 4.74 Å². The number of rotatable bonds is 11. The summed E-state index contributed by atoms with van der Waals surface area (Å²) in [4.78, 5) is 40.7. The summed E-state index contributed by atoms with van der Waals surface area (Å²) in [5.41, 5.74) is 1.90. The van der Waals surface area contributed by atoms with Crippen molar-refractivity contribution in [3.63, 3.8) is 0 Å². The number of esters is 1. The average Bonchev–Trinajstić information content (AvgIpc) is 3.07. The zero-order valence-electron chi connectivity index (χ0n) is 23.9. The topological polar surface area (TPSA) is 176 Å². The minimum absolute atomic E-state index is 0.00270. The molecule has 0 fully saturated rings. The van der Waals surface area contributed by atoms with Crippen LogP contribution in [0.1, 0.15) is 36.6 Å². The lowest BCUT2D eigenvalue weighted by Gasteiger charge is -2.10. The highest BCUT2D eigenvalue weighted by Gasteiger charge is 2.16. The van der Waals surface area contributed by atoms with Crippen LogP contribution in [0.4, 0.5) is 22.9 Å². The Labute approximate surface area is 263 Å². The van der Waals surface area contributed by atoms with Crippen molar-refractivity contribution >= 4 is 51.1 Å². The first-order valence-electron chi connectivity index (χ1n) is 13.6. The molecule has 1 heterocycles. The molecule has 0 atom stereocenters. The maximum Gasteiger partial charge on any atom is 0.342 e. The number of aldehydes is 1. The van der Waals surface area contributed by atoms with Gasteiger partial charge in [-0.2, -0.15) is 10.2 Å². The number of pyridine rings is 1. The molecule has 12 nitrogen and oxygen atoms in total. The zero-order valence-corrected chi connectivity index (χ0v) is 24.7. The molecule has 0 bridgehead atoms. The van der Waals surface area contributed by atoms with Crippen molar-refractivity contribution in [1.82, 2.24) is 4.98 Å². The van der Waals surface area contributed by atoms with Gasteiger partial charge in [0.05, 0.1) is 21.8 Å². The normalized spacial score (nSPS) is 11.1. The van der Waals surface area contributed by atoms with Crippen molar-refractivity contribution in [1.29, 1.82) is 0 Å². The number of carbonyl (C=O) groups excluding carboxylic acids is 3. The smallest absolute Gasteiger partial charge is 0.342 e. The molecule has 0 radical (unpaired) electrons. The second kappa shape index (κ2) is 14.1. The summed E-state index contributed by atoms with van der Waals surface area (Å²) >= 11 is 0. The molecule has 0 saturated carbocycles. The minimum Gasteiger partial charge on any atom is -0.507 e. The van der Waals surface area contributed by atoms with Crippen LogP contribution in [0.5, 0.6) is 5.75 Å². The van der Waals surface area contributed by atoms with Gasteiger partial charge in [-0.15, -0.1) is 0 Å². The number of hydrogen-bond donors (Lipinski definition) is 3. The van der Waals surface area contributed by atoms with Gasteiger partial charge in [-0.25, -0.2) is 18.2 Å². The Kier molecular flexibility index (Phi) is 9.54. The van der Waals surface area contributed by atoms with Gasteiger partial charge < -0.3 is 15.2 Å². The second-order valence-electron chi connectivity index (χ2n) is 9.65. The standard InChI is InChI=1S/C33H25N5O7S/c39-20-23-7-1-2-9-28(23)32(41)35-25-8-5-6-22(18-25)21-45-33(42)29-19-26(13-16-30(29)40)37-36-24-11-14-27(15-12-24)46(43,44)38-31-10-3-4-17-34-31/h1-20,40H,21H2,(H,34,38)(H,35,41). The van der Waals surface area contributed by atoms with Crippen molar-refractivity contribution in [2.75, 3.05) is 10.0 Å². The summed E-state index contributed by atoms with van der Waals surface area (Å²) in [5.74, 6) is -1.43. The van der Waals surface area contributed by atoms with Gasteiger partial charge in [0.1, 0.15) is 23.7 Å². The molecule has 0 saturated heterocycles. The number of benzene rings is 4. The van der Waals surface area contributed by atoms with E-state index < -0.39 is 21.9 Å². The van der Waals surface area contributed by atoms with Crippen molar-refractivity contribution in [2.24, 2.45) is 10.2 Å². The third-order valence-electron chi connectivity index (χ3n) is 6.42. The van der Waals surface area contributed by atoms with E-state index in [0.717, 1.165) is 0 Å². The SMILES string of the molecule is O=Cc1ccccc1C(=O)Nc1cccc(COC(=O)c2cc(N=Nc3ccc(S(=O)(=O)Nc4ccccn4)cc3)ccc2O)c1. The van der Waals surface area contributed by atoms with E-state index in [0.29, 0.717) is 23.2 Å². The van der Waals surface area contributed by atoms with Crippen LogP contribution in [0.25, 0.3) is 0 Å². The summed E-state index contributed by atoms with van der Waals surface area (Å²) in [6, 6.07) is 27.5. The van der Waals surface area contributed by atoms with E-state index in [1.807, 2.05) is 0 Å². The molecule has 0 spiro atoms.